The van der Waals surface area contributed by atoms with Crippen molar-refractivity contribution in [1.29, 1.82) is 0 Å². The molecule has 0 bridgehead atoms. The van der Waals surface area contributed by atoms with E-state index in [1.54, 1.807) is 0 Å². The van der Waals surface area contributed by atoms with Gasteiger partial charge in [0.15, 0.2) is 0 Å². The number of aryl methyl sites for hydroxylation is 1. The van der Waals surface area contributed by atoms with Gasteiger partial charge in [-0.25, -0.2) is 9.97 Å². The largest absolute Gasteiger partial charge is 0.373 e. The molecule has 1 aromatic rings. The Morgan fingerprint density at radius 1 is 1.39 bits per heavy atom. The highest BCUT2D eigenvalue weighted by Crippen LogP contribution is 2.16. The molecule has 0 saturated carbocycles. The second-order valence-corrected chi connectivity index (χ2v) is 4.82. The van der Waals surface area contributed by atoms with Crippen LogP contribution in [-0.4, -0.2) is 48.1 Å². The van der Waals surface area contributed by atoms with Crippen molar-refractivity contribution < 1.29 is 0 Å². The molecule has 1 atom stereocenters. The first-order valence-corrected chi connectivity index (χ1v) is 6.72. The fourth-order valence-electron chi connectivity index (χ4n) is 2.33. The molecule has 2 heterocycles. The summed E-state index contributed by atoms with van der Waals surface area (Å²) >= 11 is 0. The Bertz CT molecular complexity index is 371. The molecule has 0 amide bonds. The molecule has 2 rings (SSSR count). The molecule has 5 heteroatoms. The number of rotatable bonds is 5. The molecule has 100 valence electrons. The smallest absolute Gasteiger partial charge is 0.132 e. The van der Waals surface area contributed by atoms with E-state index in [9.17, 15) is 0 Å². The van der Waals surface area contributed by atoms with Gasteiger partial charge < -0.3 is 15.5 Å². The molecule has 1 aliphatic rings. The first kappa shape index (κ1) is 13.1. The van der Waals surface area contributed by atoms with Crippen molar-refractivity contribution in [2.45, 2.75) is 32.2 Å². The third kappa shape index (κ3) is 3.10. The summed E-state index contributed by atoms with van der Waals surface area (Å²) in [4.78, 5) is 11.3. The van der Waals surface area contributed by atoms with Crippen LogP contribution in [0.15, 0.2) is 6.07 Å². The molecule has 1 unspecified atom stereocenters. The van der Waals surface area contributed by atoms with E-state index in [0.717, 1.165) is 30.4 Å². The zero-order valence-corrected chi connectivity index (χ0v) is 11.5. The van der Waals surface area contributed by atoms with Crippen LogP contribution in [0.5, 0.6) is 0 Å². The Hall–Kier alpha value is -1.36. The van der Waals surface area contributed by atoms with Crippen molar-refractivity contribution in [1.82, 2.24) is 14.9 Å². The molecule has 0 aromatic carbocycles. The van der Waals surface area contributed by atoms with Gasteiger partial charge in [0.25, 0.3) is 0 Å². The zero-order chi connectivity index (χ0) is 13.0. The number of hydrogen-bond donors (Lipinski definition) is 2. The minimum absolute atomic E-state index is 0.628. The van der Waals surface area contributed by atoms with Crippen molar-refractivity contribution in [3.63, 3.8) is 0 Å². The maximum absolute atomic E-state index is 4.51. The van der Waals surface area contributed by atoms with Gasteiger partial charge in [-0.05, 0) is 26.4 Å². The van der Waals surface area contributed by atoms with Gasteiger partial charge in [-0.3, -0.25) is 0 Å². The normalized spacial score (nSPS) is 20.1. The van der Waals surface area contributed by atoms with Crippen LogP contribution < -0.4 is 10.6 Å². The van der Waals surface area contributed by atoms with Crippen LogP contribution in [0.1, 0.15) is 25.6 Å². The van der Waals surface area contributed by atoms with E-state index in [0.29, 0.717) is 6.04 Å². The summed E-state index contributed by atoms with van der Waals surface area (Å²) in [5.41, 5.74) is 0. The lowest BCUT2D eigenvalue weighted by Gasteiger charge is -2.20. The summed E-state index contributed by atoms with van der Waals surface area (Å²) in [6.07, 6.45) is 3.43. The number of nitrogens with one attached hydrogen (secondary N) is 2. The third-order valence-corrected chi connectivity index (χ3v) is 3.54. The topological polar surface area (TPSA) is 53.1 Å². The minimum atomic E-state index is 0.628. The summed E-state index contributed by atoms with van der Waals surface area (Å²) in [6, 6.07) is 2.59. The first-order chi connectivity index (χ1) is 8.72. The van der Waals surface area contributed by atoms with Gasteiger partial charge in [0.1, 0.15) is 17.5 Å². The van der Waals surface area contributed by atoms with Crippen molar-refractivity contribution in [2.24, 2.45) is 0 Å². The molecule has 1 aromatic heterocycles. The van der Waals surface area contributed by atoms with E-state index in [2.05, 4.69) is 39.5 Å². The monoisotopic (exact) mass is 249 g/mol. The van der Waals surface area contributed by atoms with Gasteiger partial charge in [-0.15, -0.1) is 0 Å². The molecule has 2 N–H and O–H groups in total. The fraction of sp³-hybridized carbons (Fsp3) is 0.692. The highest BCUT2D eigenvalue weighted by molar-refractivity contribution is 5.47. The quantitative estimate of drug-likeness (QED) is 0.830. The van der Waals surface area contributed by atoms with Crippen molar-refractivity contribution in [3.05, 3.63) is 11.9 Å². The lowest BCUT2D eigenvalue weighted by molar-refractivity contribution is 0.322. The Labute approximate surface area is 109 Å². The molecule has 1 saturated heterocycles. The maximum Gasteiger partial charge on any atom is 0.132 e. The number of anilines is 2. The van der Waals surface area contributed by atoms with E-state index in [1.807, 2.05) is 13.1 Å². The standard InChI is InChI=1S/C13H23N5/c1-4-11-16-12(14-2)8-13(17-11)15-9-10-6-5-7-18(10)3/h8,10H,4-7,9H2,1-3H3,(H2,14,15,16,17). The summed E-state index contributed by atoms with van der Waals surface area (Å²) in [7, 11) is 4.08. The molecule has 1 fully saturated rings. The van der Waals surface area contributed by atoms with Gasteiger partial charge in [0, 0.05) is 32.1 Å². The summed E-state index contributed by atoms with van der Waals surface area (Å²) in [5, 5.41) is 6.51. The van der Waals surface area contributed by atoms with Gasteiger partial charge in [-0.2, -0.15) is 0 Å². The molecule has 5 nitrogen and oxygen atoms in total. The average Bonchev–Trinajstić information content (AvgIpc) is 2.81. The molecular formula is C13H23N5. The van der Waals surface area contributed by atoms with Gasteiger partial charge >= 0.3 is 0 Å². The molecule has 1 aliphatic heterocycles. The predicted octanol–water partition coefficient (Wildman–Crippen LogP) is 1.59. The highest BCUT2D eigenvalue weighted by Gasteiger charge is 2.20. The van der Waals surface area contributed by atoms with Gasteiger partial charge in [-0.1, -0.05) is 6.92 Å². The Morgan fingerprint density at radius 2 is 2.17 bits per heavy atom. The van der Waals surface area contributed by atoms with E-state index in [1.165, 1.54) is 19.4 Å². The molecule has 18 heavy (non-hydrogen) atoms. The van der Waals surface area contributed by atoms with E-state index in [4.69, 9.17) is 0 Å². The Morgan fingerprint density at radius 3 is 2.78 bits per heavy atom. The summed E-state index contributed by atoms with van der Waals surface area (Å²) in [6.45, 7) is 4.24. The average molecular weight is 249 g/mol. The lowest BCUT2D eigenvalue weighted by atomic mass is 10.2. The second-order valence-electron chi connectivity index (χ2n) is 4.82. The van der Waals surface area contributed by atoms with Crippen LogP contribution >= 0.6 is 0 Å². The Balaban J connectivity index is 1.99. The summed E-state index contributed by atoms with van der Waals surface area (Å²) in [5.74, 6) is 2.68. The molecule has 0 aliphatic carbocycles. The molecule has 0 radical (unpaired) electrons. The SMILES string of the molecule is CCc1nc(NC)cc(NCC2CCCN2C)n1. The number of aromatic nitrogens is 2. The lowest BCUT2D eigenvalue weighted by Crippen LogP contribution is -2.31. The van der Waals surface area contributed by atoms with Gasteiger partial charge in [0.2, 0.25) is 0 Å². The van der Waals surface area contributed by atoms with Crippen LogP contribution in [0.4, 0.5) is 11.6 Å². The Kier molecular flexibility index (Phi) is 4.36. The summed E-state index contributed by atoms with van der Waals surface area (Å²) < 4.78 is 0. The number of likely N-dealkylation sites (N-methyl/N-ethyl adjacent to an activating group) is 1. The van der Waals surface area contributed by atoms with Crippen molar-refractivity contribution in [3.8, 4) is 0 Å². The van der Waals surface area contributed by atoms with Crippen LogP contribution in [-0.2, 0) is 6.42 Å². The van der Waals surface area contributed by atoms with Crippen molar-refractivity contribution >= 4 is 11.6 Å². The van der Waals surface area contributed by atoms with Crippen LogP contribution in [0, 0.1) is 0 Å². The maximum atomic E-state index is 4.51. The minimum Gasteiger partial charge on any atom is -0.373 e. The van der Waals surface area contributed by atoms with Crippen LogP contribution in [0.3, 0.4) is 0 Å². The second kappa shape index (κ2) is 6.00. The van der Waals surface area contributed by atoms with Crippen molar-refractivity contribution in [2.75, 3.05) is 37.8 Å². The third-order valence-electron chi connectivity index (χ3n) is 3.54. The molecule has 0 spiro atoms. The predicted molar refractivity (Wildman–Crippen MR) is 75.1 cm³/mol. The highest BCUT2D eigenvalue weighted by atomic mass is 15.2. The van der Waals surface area contributed by atoms with E-state index >= 15 is 0 Å². The number of nitrogens with zero attached hydrogens (tertiary/aromatic N) is 3. The first-order valence-electron chi connectivity index (χ1n) is 6.72. The van der Waals surface area contributed by atoms with Crippen LogP contribution in [0.2, 0.25) is 0 Å². The zero-order valence-electron chi connectivity index (χ0n) is 11.5. The van der Waals surface area contributed by atoms with E-state index < -0.39 is 0 Å². The molecular weight excluding hydrogens is 226 g/mol. The number of likely N-dealkylation sites (tertiary alicyclic amines) is 1. The fourth-order valence-corrected chi connectivity index (χ4v) is 2.33. The number of hydrogen-bond acceptors (Lipinski definition) is 5. The van der Waals surface area contributed by atoms with E-state index in [-0.39, 0.29) is 0 Å². The van der Waals surface area contributed by atoms with Crippen LogP contribution in [0.25, 0.3) is 0 Å². The van der Waals surface area contributed by atoms with Gasteiger partial charge in [0.05, 0.1) is 0 Å².